The molecule has 0 unspecified atom stereocenters. The summed E-state index contributed by atoms with van der Waals surface area (Å²) in [6.07, 6.45) is 0. The van der Waals surface area contributed by atoms with Gasteiger partial charge in [-0.05, 0) is 30.5 Å². The van der Waals surface area contributed by atoms with Crippen LogP contribution in [0.2, 0.25) is 0 Å². The fraction of sp³-hybridized carbons (Fsp3) is 0.100. The van der Waals surface area contributed by atoms with Crippen molar-refractivity contribution < 1.29 is 9.59 Å². The molecule has 140 valence electrons. The van der Waals surface area contributed by atoms with E-state index in [2.05, 4.69) is 16.0 Å². The number of aromatic nitrogens is 2. The molecule has 0 radical (unpaired) electrons. The lowest BCUT2D eigenvalue weighted by atomic mass is 10.1. The van der Waals surface area contributed by atoms with Crippen LogP contribution in [0.4, 0.5) is 0 Å². The highest BCUT2D eigenvalue weighted by Gasteiger charge is 2.17. The van der Waals surface area contributed by atoms with Crippen LogP contribution in [0.5, 0.6) is 0 Å². The number of rotatable bonds is 3. The molecule has 0 aliphatic carbocycles. The standard InChI is InChI=1S/C20H16N4O3S/c1-2-24-20(27)14-9-5-4-8-13(14)17(23-24)19(26)22-21-18(25)16-11-12-7-3-6-10-15(12)28-16/h3-11H,2H2,1H3,(H,21,25)(H,22,26). The van der Waals surface area contributed by atoms with Crippen molar-refractivity contribution in [3.8, 4) is 0 Å². The van der Waals surface area contributed by atoms with Crippen molar-refractivity contribution in [2.75, 3.05) is 0 Å². The number of thiophene rings is 1. The van der Waals surface area contributed by atoms with E-state index in [4.69, 9.17) is 0 Å². The van der Waals surface area contributed by atoms with Gasteiger partial charge in [-0.3, -0.25) is 25.2 Å². The first-order valence-corrected chi connectivity index (χ1v) is 9.49. The molecule has 0 aliphatic heterocycles. The van der Waals surface area contributed by atoms with Gasteiger partial charge < -0.3 is 0 Å². The number of aryl methyl sites for hydroxylation is 1. The topological polar surface area (TPSA) is 93.1 Å². The van der Waals surface area contributed by atoms with Gasteiger partial charge in [0.1, 0.15) is 0 Å². The third kappa shape index (κ3) is 3.14. The van der Waals surface area contributed by atoms with Gasteiger partial charge in [-0.2, -0.15) is 5.10 Å². The zero-order chi connectivity index (χ0) is 19.7. The van der Waals surface area contributed by atoms with Crippen LogP contribution in [0.1, 0.15) is 27.1 Å². The number of benzene rings is 2. The van der Waals surface area contributed by atoms with Crippen LogP contribution >= 0.6 is 11.3 Å². The summed E-state index contributed by atoms with van der Waals surface area (Å²) in [6.45, 7) is 2.10. The molecule has 0 fully saturated rings. The highest BCUT2D eigenvalue weighted by Crippen LogP contribution is 2.24. The average molecular weight is 392 g/mol. The van der Waals surface area contributed by atoms with E-state index in [1.165, 1.54) is 16.0 Å². The Bertz CT molecular complexity index is 1240. The second-order valence-corrected chi connectivity index (χ2v) is 7.16. The van der Waals surface area contributed by atoms with E-state index < -0.39 is 11.8 Å². The molecule has 0 bridgehead atoms. The van der Waals surface area contributed by atoms with Crippen molar-refractivity contribution in [1.82, 2.24) is 20.6 Å². The van der Waals surface area contributed by atoms with Gasteiger partial charge in [-0.1, -0.05) is 36.4 Å². The van der Waals surface area contributed by atoms with Crippen LogP contribution in [0.3, 0.4) is 0 Å². The summed E-state index contributed by atoms with van der Waals surface area (Å²) in [7, 11) is 0. The maximum absolute atomic E-state index is 12.6. The number of nitrogens with zero attached hydrogens (tertiary/aromatic N) is 2. The van der Waals surface area contributed by atoms with Gasteiger partial charge in [0.2, 0.25) is 0 Å². The Labute approximate surface area is 163 Å². The van der Waals surface area contributed by atoms with Gasteiger partial charge >= 0.3 is 0 Å². The lowest BCUT2D eigenvalue weighted by Gasteiger charge is -2.10. The molecule has 8 heteroatoms. The van der Waals surface area contributed by atoms with E-state index in [1.54, 1.807) is 37.3 Å². The molecule has 2 heterocycles. The lowest BCUT2D eigenvalue weighted by Crippen LogP contribution is -2.42. The van der Waals surface area contributed by atoms with E-state index in [-0.39, 0.29) is 11.3 Å². The van der Waals surface area contributed by atoms with Crippen molar-refractivity contribution in [2.45, 2.75) is 13.5 Å². The minimum atomic E-state index is -0.590. The summed E-state index contributed by atoms with van der Waals surface area (Å²) >= 11 is 1.34. The maximum Gasteiger partial charge on any atom is 0.290 e. The van der Waals surface area contributed by atoms with E-state index in [0.29, 0.717) is 22.2 Å². The van der Waals surface area contributed by atoms with Gasteiger partial charge in [0.25, 0.3) is 17.4 Å². The van der Waals surface area contributed by atoms with Crippen molar-refractivity contribution in [1.29, 1.82) is 0 Å². The molecule has 2 aromatic heterocycles. The molecule has 4 aromatic rings. The quantitative estimate of drug-likeness (QED) is 0.524. The van der Waals surface area contributed by atoms with Crippen LogP contribution in [-0.2, 0) is 6.54 Å². The van der Waals surface area contributed by atoms with Crippen molar-refractivity contribution >= 4 is 44.0 Å². The maximum atomic E-state index is 12.6. The van der Waals surface area contributed by atoms with E-state index in [1.807, 2.05) is 24.3 Å². The Morgan fingerprint density at radius 3 is 2.43 bits per heavy atom. The van der Waals surface area contributed by atoms with Crippen LogP contribution < -0.4 is 16.4 Å². The summed E-state index contributed by atoms with van der Waals surface area (Å²) in [6, 6.07) is 16.2. The molecule has 4 rings (SSSR count). The zero-order valence-corrected chi connectivity index (χ0v) is 15.7. The number of hydrogen-bond donors (Lipinski definition) is 2. The van der Waals surface area contributed by atoms with E-state index in [0.717, 1.165) is 10.1 Å². The van der Waals surface area contributed by atoms with Gasteiger partial charge in [0.05, 0.1) is 10.3 Å². The predicted molar refractivity (Wildman–Crippen MR) is 108 cm³/mol. The molecule has 0 spiro atoms. The lowest BCUT2D eigenvalue weighted by molar-refractivity contribution is 0.0846. The fourth-order valence-corrected chi connectivity index (χ4v) is 3.90. The Hall–Kier alpha value is -3.52. The van der Waals surface area contributed by atoms with Gasteiger partial charge in [-0.25, -0.2) is 4.68 Å². The van der Waals surface area contributed by atoms with Crippen LogP contribution in [-0.4, -0.2) is 21.6 Å². The molecule has 0 atom stereocenters. The number of hydrazine groups is 1. The Morgan fingerprint density at radius 1 is 1.00 bits per heavy atom. The van der Waals surface area contributed by atoms with Crippen molar-refractivity contribution in [3.63, 3.8) is 0 Å². The molecule has 2 aromatic carbocycles. The summed E-state index contributed by atoms with van der Waals surface area (Å²) in [5.74, 6) is -1.00. The van der Waals surface area contributed by atoms with E-state index >= 15 is 0 Å². The molecule has 7 nitrogen and oxygen atoms in total. The molecule has 0 saturated heterocycles. The number of hydrogen-bond acceptors (Lipinski definition) is 5. The number of fused-ring (bicyclic) bond motifs is 2. The first-order valence-electron chi connectivity index (χ1n) is 8.67. The number of carbonyl (C=O) groups excluding carboxylic acids is 2. The Kier molecular flexibility index (Phi) is 4.62. The van der Waals surface area contributed by atoms with Gasteiger partial charge in [0.15, 0.2) is 5.69 Å². The predicted octanol–water partition coefficient (Wildman–Crippen LogP) is 2.71. The minimum Gasteiger partial charge on any atom is -0.267 e. The zero-order valence-electron chi connectivity index (χ0n) is 14.9. The second-order valence-electron chi connectivity index (χ2n) is 6.07. The highest BCUT2D eigenvalue weighted by molar-refractivity contribution is 7.20. The molecule has 0 aliphatic rings. The number of carbonyl (C=O) groups is 2. The highest BCUT2D eigenvalue weighted by atomic mass is 32.1. The summed E-state index contributed by atoms with van der Waals surface area (Å²) < 4.78 is 2.21. The molecule has 28 heavy (non-hydrogen) atoms. The molecule has 0 saturated carbocycles. The smallest absolute Gasteiger partial charge is 0.267 e. The van der Waals surface area contributed by atoms with Crippen LogP contribution in [0, 0.1) is 0 Å². The van der Waals surface area contributed by atoms with E-state index in [9.17, 15) is 14.4 Å². The van der Waals surface area contributed by atoms with Crippen molar-refractivity contribution in [3.05, 3.63) is 75.5 Å². The van der Waals surface area contributed by atoms with Crippen LogP contribution in [0.25, 0.3) is 20.9 Å². The normalized spacial score (nSPS) is 10.9. The Balaban J connectivity index is 1.59. The molecular formula is C20H16N4O3S. The third-order valence-electron chi connectivity index (χ3n) is 4.32. The minimum absolute atomic E-state index is 0.0775. The largest absolute Gasteiger partial charge is 0.290 e. The fourth-order valence-electron chi connectivity index (χ4n) is 2.95. The SMILES string of the molecule is CCn1nc(C(=O)NNC(=O)c2cc3ccccc3s2)c2ccccc2c1=O. The Morgan fingerprint density at radius 2 is 1.68 bits per heavy atom. The second kappa shape index (κ2) is 7.24. The summed E-state index contributed by atoms with van der Waals surface area (Å²) in [4.78, 5) is 37.9. The average Bonchev–Trinajstić information content (AvgIpc) is 3.16. The number of nitrogens with one attached hydrogen (secondary N) is 2. The van der Waals surface area contributed by atoms with Gasteiger partial charge in [-0.15, -0.1) is 11.3 Å². The summed E-state index contributed by atoms with van der Waals surface area (Å²) in [5.41, 5.74) is 4.63. The molecule has 2 amide bonds. The summed E-state index contributed by atoms with van der Waals surface area (Å²) in [5, 5.41) is 5.95. The molecule has 2 N–H and O–H groups in total. The van der Waals surface area contributed by atoms with Crippen LogP contribution in [0.15, 0.2) is 59.4 Å². The first-order chi connectivity index (χ1) is 13.6. The first kappa shape index (κ1) is 17.9. The van der Waals surface area contributed by atoms with Gasteiger partial charge in [0, 0.05) is 16.6 Å². The molecular weight excluding hydrogens is 376 g/mol. The van der Waals surface area contributed by atoms with Crippen molar-refractivity contribution in [2.24, 2.45) is 0 Å². The third-order valence-corrected chi connectivity index (χ3v) is 5.44. The number of amides is 2. The monoisotopic (exact) mass is 392 g/mol.